The van der Waals surface area contributed by atoms with Crippen molar-refractivity contribution in [1.29, 1.82) is 0 Å². The van der Waals surface area contributed by atoms with Gasteiger partial charge >= 0.3 is 0 Å². The van der Waals surface area contributed by atoms with Crippen LogP contribution in [0.2, 0.25) is 0 Å². The minimum atomic E-state index is -0.236. The predicted molar refractivity (Wildman–Crippen MR) is 87.0 cm³/mol. The summed E-state index contributed by atoms with van der Waals surface area (Å²) in [5.41, 5.74) is 0.424. The molecule has 2 N–H and O–H groups in total. The Hall–Kier alpha value is -0.120. The third-order valence-electron chi connectivity index (χ3n) is 4.45. The van der Waals surface area contributed by atoms with Crippen molar-refractivity contribution in [1.82, 2.24) is 10.2 Å². The van der Waals surface area contributed by atoms with E-state index in [1.54, 1.807) is 0 Å². The fourth-order valence-corrected chi connectivity index (χ4v) is 3.11. The third-order valence-corrected chi connectivity index (χ3v) is 4.45. The second-order valence-electron chi connectivity index (χ2n) is 8.00. The summed E-state index contributed by atoms with van der Waals surface area (Å²) in [5.74, 6) is 1.47. The van der Waals surface area contributed by atoms with Crippen molar-refractivity contribution in [3.05, 3.63) is 0 Å². The highest BCUT2D eigenvalue weighted by Gasteiger charge is 2.27. The zero-order chi connectivity index (χ0) is 15.2. The molecule has 1 rings (SSSR count). The van der Waals surface area contributed by atoms with Gasteiger partial charge in [-0.1, -0.05) is 34.6 Å². The SMILES string of the molecule is CC(C)CNCC(O)CN1CCCC(C(C)(C)C)CC1. The van der Waals surface area contributed by atoms with Crippen molar-refractivity contribution in [2.24, 2.45) is 17.3 Å². The number of likely N-dealkylation sites (tertiary alicyclic amines) is 1. The maximum Gasteiger partial charge on any atom is 0.0791 e. The normalized spacial score (nSPS) is 23.9. The van der Waals surface area contributed by atoms with Crippen LogP contribution >= 0.6 is 0 Å². The van der Waals surface area contributed by atoms with Crippen LogP contribution in [0.25, 0.3) is 0 Å². The summed E-state index contributed by atoms with van der Waals surface area (Å²) in [4.78, 5) is 2.45. The van der Waals surface area contributed by atoms with Crippen LogP contribution < -0.4 is 5.32 Å². The predicted octanol–water partition coefficient (Wildman–Crippen LogP) is 2.74. The summed E-state index contributed by atoms with van der Waals surface area (Å²) in [6.07, 6.45) is 3.64. The second kappa shape index (κ2) is 8.35. The van der Waals surface area contributed by atoms with Crippen molar-refractivity contribution in [3.63, 3.8) is 0 Å². The lowest BCUT2D eigenvalue weighted by Crippen LogP contribution is -2.39. The van der Waals surface area contributed by atoms with Crippen molar-refractivity contribution in [3.8, 4) is 0 Å². The molecule has 20 heavy (non-hydrogen) atoms. The molecule has 0 saturated carbocycles. The van der Waals surface area contributed by atoms with Crippen molar-refractivity contribution in [2.75, 3.05) is 32.7 Å². The van der Waals surface area contributed by atoms with Gasteiger partial charge in [-0.2, -0.15) is 0 Å². The molecule has 2 unspecified atom stereocenters. The highest BCUT2D eigenvalue weighted by Crippen LogP contribution is 2.34. The van der Waals surface area contributed by atoms with Crippen LogP contribution in [0.3, 0.4) is 0 Å². The first-order chi connectivity index (χ1) is 9.29. The standard InChI is InChI=1S/C17H36N2O/c1-14(2)11-18-12-16(20)13-19-9-6-7-15(8-10-19)17(3,4)5/h14-16,18,20H,6-13H2,1-5H3. The van der Waals surface area contributed by atoms with Gasteiger partial charge in [0.05, 0.1) is 6.10 Å². The molecule has 0 amide bonds. The Labute approximate surface area is 126 Å². The maximum absolute atomic E-state index is 10.1. The highest BCUT2D eigenvalue weighted by molar-refractivity contribution is 4.79. The van der Waals surface area contributed by atoms with Gasteiger partial charge in [0, 0.05) is 13.1 Å². The van der Waals surface area contributed by atoms with Gasteiger partial charge in [0.15, 0.2) is 0 Å². The number of β-amino-alcohol motifs (C(OH)–C–C–N with tert-alkyl or cyclic N) is 1. The smallest absolute Gasteiger partial charge is 0.0791 e. The number of hydrogen-bond acceptors (Lipinski definition) is 3. The van der Waals surface area contributed by atoms with Crippen LogP contribution in [0.1, 0.15) is 53.9 Å². The first-order valence-corrected chi connectivity index (χ1v) is 8.40. The highest BCUT2D eigenvalue weighted by atomic mass is 16.3. The van der Waals surface area contributed by atoms with Crippen molar-refractivity contribution in [2.45, 2.75) is 60.0 Å². The van der Waals surface area contributed by atoms with Gasteiger partial charge in [-0.15, -0.1) is 0 Å². The van der Waals surface area contributed by atoms with Gasteiger partial charge in [-0.25, -0.2) is 0 Å². The van der Waals surface area contributed by atoms with Gasteiger partial charge < -0.3 is 15.3 Å². The van der Waals surface area contributed by atoms with Crippen LogP contribution in [-0.2, 0) is 0 Å². The van der Waals surface area contributed by atoms with E-state index < -0.39 is 0 Å². The lowest BCUT2D eigenvalue weighted by Gasteiger charge is -2.30. The molecule has 0 spiro atoms. The third kappa shape index (κ3) is 7.05. The molecule has 0 aromatic rings. The topological polar surface area (TPSA) is 35.5 Å². The van der Waals surface area contributed by atoms with E-state index in [9.17, 15) is 5.11 Å². The summed E-state index contributed by atoms with van der Waals surface area (Å²) >= 11 is 0. The van der Waals surface area contributed by atoms with E-state index >= 15 is 0 Å². The summed E-state index contributed by atoms with van der Waals surface area (Å²) in [5, 5.41) is 13.5. The molecule has 3 nitrogen and oxygen atoms in total. The summed E-state index contributed by atoms with van der Waals surface area (Å²) < 4.78 is 0. The molecule has 3 heteroatoms. The zero-order valence-electron chi connectivity index (χ0n) is 14.3. The van der Waals surface area contributed by atoms with Gasteiger partial charge in [0.25, 0.3) is 0 Å². The summed E-state index contributed by atoms with van der Waals surface area (Å²) in [6.45, 7) is 16.3. The van der Waals surface area contributed by atoms with Crippen LogP contribution in [0.5, 0.6) is 0 Å². The molecule has 120 valence electrons. The van der Waals surface area contributed by atoms with Crippen LogP contribution in [0.4, 0.5) is 0 Å². The molecule has 0 aromatic carbocycles. The van der Waals surface area contributed by atoms with E-state index in [1.165, 1.54) is 19.3 Å². The number of hydrogen-bond donors (Lipinski definition) is 2. The van der Waals surface area contributed by atoms with E-state index in [4.69, 9.17) is 0 Å². The lowest BCUT2D eigenvalue weighted by atomic mass is 9.77. The molecule has 0 bridgehead atoms. The fourth-order valence-electron chi connectivity index (χ4n) is 3.11. The van der Waals surface area contributed by atoms with E-state index in [1.807, 2.05) is 0 Å². The molecule has 0 radical (unpaired) electrons. The minimum absolute atomic E-state index is 0.236. The molecule has 1 heterocycles. The largest absolute Gasteiger partial charge is 0.390 e. The maximum atomic E-state index is 10.1. The molecule has 1 saturated heterocycles. The number of aliphatic hydroxyl groups is 1. The Morgan fingerprint density at radius 2 is 1.85 bits per heavy atom. The first-order valence-electron chi connectivity index (χ1n) is 8.40. The van der Waals surface area contributed by atoms with Crippen molar-refractivity contribution >= 4 is 0 Å². The van der Waals surface area contributed by atoms with Crippen LogP contribution in [0.15, 0.2) is 0 Å². The average Bonchev–Trinajstić information content (AvgIpc) is 2.53. The van der Waals surface area contributed by atoms with Gasteiger partial charge in [-0.3, -0.25) is 0 Å². The quantitative estimate of drug-likeness (QED) is 0.787. The minimum Gasteiger partial charge on any atom is -0.390 e. The number of rotatable bonds is 6. The zero-order valence-corrected chi connectivity index (χ0v) is 14.3. The summed E-state index contributed by atoms with van der Waals surface area (Å²) in [6, 6.07) is 0. The Balaban J connectivity index is 2.27. The van der Waals surface area contributed by atoms with Gasteiger partial charge in [0.1, 0.15) is 0 Å². The van der Waals surface area contributed by atoms with Crippen LogP contribution in [0, 0.1) is 17.3 Å². The first kappa shape index (κ1) is 17.9. The fraction of sp³-hybridized carbons (Fsp3) is 1.00. The monoisotopic (exact) mass is 284 g/mol. The second-order valence-corrected chi connectivity index (χ2v) is 8.00. The van der Waals surface area contributed by atoms with Gasteiger partial charge in [0.2, 0.25) is 0 Å². The molecular formula is C17H36N2O. The van der Waals surface area contributed by atoms with E-state index in [0.717, 1.165) is 38.6 Å². The van der Waals surface area contributed by atoms with E-state index in [-0.39, 0.29) is 6.10 Å². The molecule has 1 fully saturated rings. The van der Waals surface area contributed by atoms with E-state index in [0.29, 0.717) is 11.3 Å². The Morgan fingerprint density at radius 1 is 1.15 bits per heavy atom. The Kier molecular flexibility index (Phi) is 7.49. The number of nitrogens with zero attached hydrogens (tertiary/aromatic N) is 1. The Bertz CT molecular complexity index is 260. The molecule has 1 aliphatic rings. The molecule has 2 atom stereocenters. The summed E-state index contributed by atoms with van der Waals surface area (Å²) in [7, 11) is 0. The number of nitrogens with one attached hydrogen (secondary N) is 1. The Morgan fingerprint density at radius 3 is 2.45 bits per heavy atom. The molecule has 0 aliphatic carbocycles. The lowest BCUT2D eigenvalue weighted by molar-refractivity contribution is 0.110. The molecule has 0 aromatic heterocycles. The van der Waals surface area contributed by atoms with Crippen molar-refractivity contribution < 1.29 is 5.11 Å². The average molecular weight is 284 g/mol. The molecular weight excluding hydrogens is 248 g/mol. The van der Waals surface area contributed by atoms with Gasteiger partial charge in [-0.05, 0) is 56.1 Å². The van der Waals surface area contributed by atoms with Crippen LogP contribution in [-0.4, -0.2) is 48.8 Å². The number of aliphatic hydroxyl groups excluding tert-OH is 1. The molecule has 1 aliphatic heterocycles. The van der Waals surface area contributed by atoms with E-state index in [2.05, 4.69) is 44.8 Å².